The standard InChI is InChI=1S/C24H17Br2FN2O3/c1-31-20-7-5-19(6-8-20)29-24(30)17(13-28)9-16-11-21(25)23(22(26)12-16)32-14-15-3-2-4-18(27)10-15/h2-12H,14H2,1H3,(H,29,30)/b17-9-. The molecule has 0 saturated carbocycles. The highest BCUT2D eigenvalue weighted by Gasteiger charge is 2.13. The van der Waals surface area contributed by atoms with E-state index in [-0.39, 0.29) is 18.0 Å². The molecule has 32 heavy (non-hydrogen) atoms. The SMILES string of the molecule is COc1ccc(NC(=O)/C(C#N)=C\c2cc(Br)c(OCc3cccc(F)c3)c(Br)c2)cc1. The Morgan fingerprint density at radius 1 is 1.12 bits per heavy atom. The molecule has 5 nitrogen and oxygen atoms in total. The van der Waals surface area contributed by atoms with Crippen molar-refractivity contribution >= 4 is 49.5 Å². The first-order chi connectivity index (χ1) is 15.4. The Morgan fingerprint density at radius 3 is 2.41 bits per heavy atom. The van der Waals surface area contributed by atoms with E-state index >= 15 is 0 Å². The van der Waals surface area contributed by atoms with E-state index < -0.39 is 5.91 Å². The number of carbonyl (C=O) groups is 1. The summed E-state index contributed by atoms with van der Waals surface area (Å²) < 4.78 is 25.5. The molecular formula is C24H17Br2FN2O3. The molecule has 0 heterocycles. The highest BCUT2D eigenvalue weighted by atomic mass is 79.9. The predicted molar refractivity (Wildman–Crippen MR) is 128 cm³/mol. The maximum absolute atomic E-state index is 13.4. The molecule has 0 aromatic heterocycles. The molecule has 0 aliphatic rings. The second-order valence-corrected chi connectivity index (χ2v) is 8.29. The van der Waals surface area contributed by atoms with Gasteiger partial charge in [-0.05, 0) is 97.6 Å². The van der Waals surface area contributed by atoms with Crippen molar-refractivity contribution in [2.24, 2.45) is 0 Å². The maximum atomic E-state index is 13.4. The highest BCUT2D eigenvalue weighted by molar-refractivity contribution is 9.11. The zero-order valence-electron chi connectivity index (χ0n) is 16.9. The van der Waals surface area contributed by atoms with Gasteiger partial charge in [0.25, 0.3) is 5.91 Å². The zero-order chi connectivity index (χ0) is 23.1. The van der Waals surface area contributed by atoms with Gasteiger partial charge >= 0.3 is 0 Å². The summed E-state index contributed by atoms with van der Waals surface area (Å²) in [4.78, 5) is 12.5. The van der Waals surface area contributed by atoms with Crippen molar-refractivity contribution in [3.8, 4) is 17.6 Å². The van der Waals surface area contributed by atoms with E-state index in [1.807, 2.05) is 6.07 Å². The number of amides is 1. The van der Waals surface area contributed by atoms with Crippen molar-refractivity contribution in [3.63, 3.8) is 0 Å². The largest absolute Gasteiger partial charge is 0.497 e. The van der Waals surface area contributed by atoms with E-state index in [2.05, 4.69) is 37.2 Å². The van der Waals surface area contributed by atoms with E-state index in [9.17, 15) is 14.4 Å². The van der Waals surface area contributed by atoms with Gasteiger partial charge in [-0.3, -0.25) is 4.79 Å². The van der Waals surface area contributed by atoms with Crippen molar-refractivity contribution in [1.82, 2.24) is 0 Å². The number of rotatable bonds is 7. The van der Waals surface area contributed by atoms with Crippen LogP contribution in [0.5, 0.6) is 11.5 Å². The minimum atomic E-state index is -0.531. The number of nitrogens with one attached hydrogen (secondary N) is 1. The molecule has 0 aliphatic carbocycles. The smallest absolute Gasteiger partial charge is 0.266 e. The van der Waals surface area contributed by atoms with Crippen LogP contribution in [0.4, 0.5) is 10.1 Å². The third-order valence-corrected chi connectivity index (χ3v) is 5.49. The maximum Gasteiger partial charge on any atom is 0.266 e. The third kappa shape index (κ3) is 6.19. The van der Waals surface area contributed by atoms with Gasteiger partial charge in [-0.1, -0.05) is 12.1 Å². The molecule has 0 spiro atoms. The van der Waals surface area contributed by atoms with Gasteiger partial charge < -0.3 is 14.8 Å². The van der Waals surface area contributed by atoms with E-state index in [1.54, 1.807) is 55.6 Å². The molecule has 0 saturated heterocycles. The van der Waals surface area contributed by atoms with Gasteiger partial charge in [0.1, 0.15) is 35.6 Å². The summed E-state index contributed by atoms with van der Waals surface area (Å²) in [5, 5.41) is 12.2. The second-order valence-electron chi connectivity index (χ2n) is 6.58. The van der Waals surface area contributed by atoms with Gasteiger partial charge in [-0.2, -0.15) is 5.26 Å². The van der Waals surface area contributed by atoms with Crippen LogP contribution in [0.2, 0.25) is 0 Å². The molecule has 0 unspecified atom stereocenters. The Hall–Kier alpha value is -3.15. The number of hydrogen-bond acceptors (Lipinski definition) is 4. The number of nitrogens with zero attached hydrogens (tertiary/aromatic N) is 1. The first kappa shape index (κ1) is 23.5. The van der Waals surface area contributed by atoms with E-state index in [4.69, 9.17) is 9.47 Å². The van der Waals surface area contributed by atoms with Gasteiger partial charge in [0.15, 0.2) is 0 Å². The molecule has 3 rings (SSSR count). The first-order valence-electron chi connectivity index (χ1n) is 9.33. The third-order valence-electron chi connectivity index (χ3n) is 4.32. The molecule has 0 bridgehead atoms. The molecule has 0 aliphatic heterocycles. The van der Waals surface area contributed by atoms with Crippen LogP contribution in [0.1, 0.15) is 11.1 Å². The summed E-state index contributed by atoms with van der Waals surface area (Å²) in [6.07, 6.45) is 1.48. The summed E-state index contributed by atoms with van der Waals surface area (Å²) in [5.74, 6) is 0.319. The Morgan fingerprint density at radius 2 is 1.81 bits per heavy atom. The summed E-state index contributed by atoms with van der Waals surface area (Å²) in [5.41, 5.74) is 1.78. The fourth-order valence-corrected chi connectivity index (χ4v) is 4.22. The van der Waals surface area contributed by atoms with Crippen LogP contribution >= 0.6 is 31.9 Å². The number of hydrogen-bond donors (Lipinski definition) is 1. The van der Waals surface area contributed by atoms with Crippen LogP contribution in [0.15, 0.2) is 75.2 Å². The van der Waals surface area contributed by atoms with E-state index in [0.29, 0.717) is 37.3 Å². The lowest BCUT2D eigenvalue weighted by molar-refractivity contribution is -0.112. The Balaban J connectivity index is 1.75. The second kappa shape index (κ2) is 10.9. The fraction of sp³-hybridized carbons (Fsp3) is 0.0833. The number of carbonyl (C=O) groups excluding carboxylic acids is 1. The summed E-state index contributed by atoms with van der Waals surface area (Å²) in [6, 6.07) is 18.3. The molecule has 8 heteroatoms. The van der Waals surface area contributed by atoms with E-state index in [0.717, 1.165) is 0 Å². The summed E-state index contributed by atoms with van der Waals surface area (Å²) >= 11 is 6.90. The number of nitriles is 1. The van der Waals surface area contributed by atoms with Crippen LogP contribution in [-0.4, -0.2) is 13.0 Å². The first-order valence-corrected chi connectivity index (χ1v) is 10.9. The molecular weight excluding hydrogens is 543 g/mol. The lowest BCUT2D eigenvalue weighted by Crippen LogP contribution is -2.13. The minimum Gasteiger partial charge on any atom is -0.497 e. The molecule has 162 valence electrons. The van der Waals surface area contributed by atoms with Crippen LogP contribution in [0, 0.1) is 17.1 Å². The summed E-state index contributed by atoms with van der Waals surface area (Å²) in [7, 11) is 1.55. The molecule has 0 radical (unpaired) electrons. The van der Waals surface area contributed by atoms with E-state index in [1.165, 1.54) is 18.2 Å². The average Bonchev–Trinajstić information content (AvgIpc) is 2.77. The Labute approximate surface area is 201 Å². The van der Waals surface area contributed by atoms with Crippen molar-refractivity contribution in [1.29, 1.82) is 5.26 Å². The number of halogens is 3. The molecule has 3 aromatic carbocycles. The number of anilines is 1. The predicted octanol–water partition coefficient (Wildman–Crippen LogP) is 6.48. The number of methoxy groups -OCH3 is 1. The lowest BCUT2D eigenvalue weighted by Gasteiger charge is -2.12. The van der Waals surface area contributed by atoms with Gasteiger partial charge in [0, 0.05) is 5.69 Å². The van der Waals surface area contributed by atoms with Crippen LogP contribution < -0.4 is 14.8 Å². The van der Waals surface area contributed by atoms with Crippen LogP contribution in [0.3, 0.4) is 0 Å². The van der Waals surface area contributed by atoms with Crippen LogP contribution in [-0.2, 0) is 11.4 Å². The van der Waals surface area contributed by atoms with Crippen LogP contribution in [0.25, 0.3) is 6.08 Å². The number of ether oxygens (including phenoxy) is 2. The topological polar surface area (TPSA) is 71.3 Å². The van der Waals surface area contributed by atoms with Crippen molar-refractivity contribution in [2.45, 2.75) is 6.61 Å². The van der Waals surface area contributed by atoms with Gasteiger partial charge in [-0.15, -0.1) is 0 Å². The zero-order valence-corrected chi connectivity index (χ0v) is 20.0. The normalized spacial score (nSPS) is 10.9. The summed E-state index contributed by atoms with van der Waals surface area (Å²) in [6.45, 7) is 0.178. The fourth-order valence-electron chi connectivity index (χ4n) is 2.77. The van der Waals surface area contributed by atoms with Crippen molar-refractivity contribution < 1.29 is 18.7 Å². The quantitative estimate of drug-likeness (QED) is 0.265. The van der Waals surface area contributed by atoms with Gasteiger partial charge in [0.2, 0.25) is 0 Å². The van der Waals surface area contributed by atoms with Gasteiger partial charge in [-0.25, -0.2) is 4.39 Å². The molecule has 3 aromatic rings. The molecule has 1 N–H and O–H groups in total. The highest BCUT2D eigenvalue weighted by Crippen LogP contribution is 2.36. The van der Waals surface area contributed by atoms with Crippen molar-refractivity contribution in [2.75, 3.05) is 12.4 Å². The monoisotopic (exact) mass is 558 g/mol. The average molecular weight is 560 g/mol. The molecule has 0 fully saturated rings. The molecule has 0 atom stereocenters. The number of benzene rings is 3. The molecule has 1 amide bonds. The Kier molecular flexibility index (Phi) is 8.03. The van der Waals surface area contributed by atoms with Crippen molar-refractivity contribution in [3.05, 3.63) is 92.1 Å². The Bertz CT molecular complexity index is 1180. The lowest BCUT2D eigenvalue weighted by atomic mass is 10.1. The van der Waals surface area contributed by atoms with Gasteiger partial charge in [0.05, 0.1) is 16.1 Å². The minimum absolute atomic E-state index is 0.0620.